The number of rotatable bonds is 7. The Balaban J connectivity index is 1.96. The van der Waals surface area contributed by atoms with Gasteiger partial charge >= 0.3 is 0 Å². The summed E-state index contributed by atoms with van der Waals surface area (Å²) in [7, 11) is 0. The predicted octanol–water partition coefficient (Wildman–Crippen LogP) is 3.83. The summed E-state index contributed by atoms with van der Waals surface area (Å²) in [5, 5.41) is 30.3. The summed E-state index contributed by atoms with van der Waals surface area (Å²) >= 11 is 0. The average molecular weight is 392 g/mol. The number of fused-ring (bicyclic) bond motifs is 1. The van der Waals surface area contributed by atoms with Gasteiger partial charge in [0.2, 0.25) is 0 Å². The molecule has 0 radical (unpaired) electrons. The first kappa shape index (κ1) is 21.0. The van der Waals surface area contributed by atoms with Gasteiger partial charge in [-0.15, -0.1) is 0 Å². The van der Waals surface area contributed by atoms with Crippen LogP contribution in [-0.2, 0) is 4.79 Å². The molecule has 29 heavy (non-hydrogen) atoms. The number of hydrogen-bond donors (Lipinski definition) is 2. The molecule has 5 heteroatoms. The van der Waals surface area contributed by atoms with Gasteiger partial charge in [-0.25, -0.2) is 0 Å². The fourth-order valence-electron chi connectivity index (χ4n) is 3.91. The molecule has 1 heterocycles. The molecule has 3 rings (SSSR count). The molecule has 0 amide bonds. The summed E-state index contributed by atoms with van der Waals surface area (Å²) < 4.78 is 0. The molecule has 1 saturated heterocycles. The van der Waals surface area contributed by atoms with Crippen molar-refractivity contribution in [2.75, 3.05) is 24.6 Å². The standard InChI is InChI=1S/C24H28N2O3/c1-17(22(15-25)24(29)11-10-20(28)16-27)19-9-8-18-6-5-7-23(21(18)14-19)26-12-3-2-4-13-26/h5-9,14,20,27-28H,2-4,10-13,16H2,1H3/b22-17+. The number of benzene rings is 2. The fourth-order valence-corrected chi connectivity index (χ4v) is 3.91. The van der Waals surface area contributed by atoms with Gasteiger partial charge in [-0.3, -0.25) is 4.79 Å². The van der Waals surface area contributed by atoms with Crippen molar-refractivity contribution >= 4 is 27.8 Å². The van der Waals surface area contributed by atoms with Crippen LogP contribution in [0.15, 0.2) is 42.0 Å². The van der Waals surface area contributed by atoms with Crippen LogP contribution in [-0.4, -0.2) is 41.8 Å². The Morgan fingerprint density at radius 1 is 1.21 bits per heavy atom. The van der Waals surface area contributed by atoms with E-state index < -0.39 is 6.10 Å². The number of Topliss-reactive ketones (excluding diaryl/α,β-unsaturated/α-hetero) is 1. The monoisotopic (exact) mass is 392 g/mol. The van der Waals surface area contributed by atoms with Crippen molar-refractivity contribution in [1.82, 2.24) is 0 Å². The molecule has 152 valence electrons. The van der Waals surface area contributed by atoms with Gasteiger partial charge in [0.05, 0.1) is 18.3 Å². The highest BCUT2D eigenvalue weighted by atomic mass is 16.3. The van der Waals surface area contributed by atoms with Crippen LogP contribution >= 0.6 is 0 Å². The van der Waals surface area contributed by atoms with E-state index in [1.807, 2.05) is 18.2 Å². The largest absolute Gasteiger partial charge is 0.394 e. The number of aliphatic hydroxyl groups excluding tert-OH is 2. The van der Waals surface area contributed by atoms with Crippen molar-refractivity contribution in [3.05, 3.63) is 47.5 Å². The van der Waals surface area contributed by atoms with Gasteiger partial charge in [0.1, 0.15) is 6.07 Å². The summed E-state index contributed by atoms with van der Waals surface area (Å²) in [5.74, 6) is -0.304. The van der Waals surface area contributed by atoms with Gasteiger partial charge < -0.3 is 15.1 Å². The second kappa shape index (κ2) is 9.69. The second-order valence-corrected chi connectivity index (χ2v) is 7.67. The van der Waals surface area contributed by atoms with E-state index in [0.717, 1.165) is 29.4 Å². The molecule has 1 atom stereocenters. The van der Waals surface area contributed by atoms with E-state index in [4.69, 9.17) is 5.11 Å². The van der Waals surface area contributed by atoms with Crippen LogP contribution in [0.3, 0.4) is 0 Å². The van der Waals surface area contributed by atoms with Gasteiger partial charge in [0.25, 0.3) is 0 Å². The maximum absolute atomic E-state index is 12.5. The van der Waals surface area contributed by atoms with Crippen LogP contribution in [0.1, 0.15) is 44.6 Å². The number of aliphatic hydroxyl groups is 2. The maximum Gasteiger partial charge on any atom is 0.173 e. The Bertz CT molecular complexity index is 952. The molecule has 0 aliphatic carbocycles. The third-order valence-corrected chi connectivity index (χ3v) is 5.67. The van der Waals surface area contributed by atoms with Gasteiger partial charge in [0, 0.05) is 30.6 Å². The van der Waals surface area contributed by atoms with E-state index in [1.54, 1.807) is 6.92 Å². The van der Waals surface area contributed by atoms with Crippen LogP contribution < -0.4 is 4.90 Å². The van der Waals surface area contributed by atoms with Crippen LogP contribution in [0.25, 0.3) is 16.3 Å². The Labute approximate surface area is 171 Å². The lowest BCUT2D eigenvalue weighted by molar-refractivity contribution is -0.115. The first-order chi connectivity index (χ1) is 14.0. The number of carbonyl (C=O) groups excluding carboxylic acids is 1. The van der Waals surface area contributed by atoms with Crippen molar-refractivity contribution in [2.24, 2.45) is 0 Å². The number of allylic oxidation sites excluding steroid dienone is 2. The molecule has 1 aliphatic rings. The third-order valence-electron chi connectivity index (χ3n) is 5.67. The van der Waals surface area contributed by atoms with Crippen molar-refractivity contribution < 1.29 is 15.0 Å². The zero-order chi connectivity index (χ0) is 20.8. The minimum atomic E-state index is -0.938. The van der Waals surface area contributed by atoms with Crippen LogP contribution in [0.2, 0.25) is 0 Å². The zero-order valence-corrected chi connectivity index (χ0v) is 16.9. The van der Waals surface area contributed by atoms with Gasteiger partial charge in [-0.05, 0) is 61.3 Å². The third kappa shape index (κ3) is 4.84. The summed E-state index contributed by atoms with van der Waals surface area (Å²) in [6, 6.07) is 14.4. The normalized spacial score (nSPS) is 16.3. The van der Waals surface area contributed by atoms with Crippen molar-refractivity contribution in [3.63, 3.8) is 0 Å². The van der Waals surface area contributed by atoms with Gasteiger partial charge in [0.15, 0.2) is 5.78 Å². The Morgan fingerprint density at radius 2 is 1.97 bits per heavy atom. The first-order valence-corrected chi connectivity index (χ1v) is 10.3. The minimum Gasteiger partial charge on any atom is -0.394 e. The van der Waals surface area contributed by atoms with E-state index in [0.29, 0.717) is 5.57 Å². The van der Waals surface area contributed by atoms with Crippen LogP contribution in [0.5, 0.6) is 0 Å². The molecule has 0 bridgehead atoms. The summed E-state index contributed by atoms with van der Waals surface area (Å²) in [6.07, 6.45) is 2.91. The van der Waals surface area contributed by atoms with Crippen LogP contribution in [0.4, 0.5) is 5.69 Å². The lowest BCUT2D eigenvalue weighted by Crippen LogP contribution is -2.29. The number of hydrogen-bond acceptors (Lipinski definition) is 5. The second-order valence-electron chi connectivity index (χ2n) is 7.67. The molecule has 2 aromatic rings. The smallest absolute Gasteiger partial charge is 0.173 e. The molecule has 0 spiro atoms. The summed E-state index contributed by atoms with van der Waals surface area (Å²) in [6.45, 7) is 3.51. The molecule has 5 nitrogen and oxygen atoms in total. The van der Waals surface area contributed by atoms with Crippen molar-refractivity contribution in [3.8, 4) is 6.07 Å². The minimum absolute atomic E-state index is 0.0363. The number of nitrogens with zero attached hydrogens (tertiary/aromatic N) is 2. The SMILES string of the molecule is C/C(=C(/C#N)C(=O)CCC(O)CO)c1ccc2cccc(N3CCCCC3)c2c1. The Kier molecular flexibility index (Phi) is 7.03. The highest BCUT2D eigenvalue weighted by molar-refractivity contribution is 6.07. The number of carbonyl (C=O) groups is 1. The number of anilines is 1. The lowest BCUT2D eigenvalue weighted by Gasteiger charge is -2.30. The Hall–Kier alpha value is -2.68. The molecule has 2 aromatic carbocycles. The topological polar surface area (TPSA) is 84.6 Å². The molecule has 1 fully saturated rings. The predicted molar refractivity (Wildman–Crippen MR) is 116 cm³/mol. The average Bonchev–Trinajstić information content (AvgIpc) is 2.77. The van der Waals surface area contributed by atoms with Crippen LogP contribution in [0, 0.1) is 11.3 Å². The van der Waals surface area contributed by atoms with Gasteiger partial charge in [-0.1, -0.05) is 24.3 Å². The zero-order valence-electron chi connectivity index (χ0n) is 16.9. The molecule has 1 unspecified atom stereocenters. The van der Waals surface area contributed by atoms with Crippen molar-refractivity contribution in [2.45, 2.75) is 45.1 Å². The quantitative estimate of drug-likeness (QED) is 0.553. The van der Waals surface area contributed by atoms with Gasteiger partial charge in [-0.2, -0.15) is 5.26 Å². The van der Waals surface area contributed by atoms with E-state index in [9.17, 15) is 15.2 Å². The number of ketones is 1. The summed E-state index contributed by atoms with van der Waals surface area (Å²) in [5.41, 5.74) is 2.82. The number of piperidine rings is 1. The highest BCUT2D eigenvalue weighted by Gasteiger charge is 2.17. The lowest BCUT2D eigenvalue weighted by atomic mass is 9.94. The first-order valence-electron chi connectivity index (χ1n) is 10.3. The highest BCUT2D eigenvalue weighted by Crippen LogP contribution is 2.32. The summed E-state index contributed by atoms with van der Waals surface area (Å²) in [4.78, 5) is 14.9. The van der Waals surface area contributed by atoms with E-state index in [1.165, 1.54) is 24.9 Å². The van der Waals surface area contributed by atoms with E-state index in [-0.39, 0.29) is 30.8 Å². The molecule has 0 saturated carbocycles. The van der Waals surface area contributed by atoms with Crippen molar-refractivity contribution in [1.29, 1.82) is 5.26 Å². The van der Waals surface area contributed by atoms with E-state index in [2.05, 4.69) is 29.2 Å². The molecular weight excluding hydrogens is 364 g/mol. The molecule has 0 aromatic heterocycles. The molecule has 2 N–H and O–H groups in total. The van der Waals surface area contributed by atoms with E-state index >= 15 is 0 Å². The molecule has 1 aliphatic heterocycles. The molecular formula is C24H28N2O3. The maximum atomic E-state index is 12.5. The fraction of sp³-hybridized carbons (Fsp3) is 0.417. The number of nitriles is 1. The Morgan fingerprint density at radius 3 is 2.66 bits per heavy atom.